The van der Waals surface area contributed by atoms with Gasteiger partial charge in [-0.2, -0.15) is 5.26 Å². The molecule has 0 spiro atoms. The summed E-state index contributed by atoms with van der Waals surface area (Å²) >= 11 is 0. The Kier molecular flexibility index (Phi) is 6.63. The number of benzene rings is 2. The van der Waals surface area contributed by atoms with Crippen molar-refractivity contribution in [3.63, 3.8) is 0 Å². The number of aliphatic hydroxyl groups excluding tert-OH is 1. The summed E-state index contributed by atoms with van der Waals surface area (Å²) in [6.07, 6.45) is 0. The van der Waals surface area contributed by atoms with Crippen LogP contribution in [-0.2, 0) is 10.3 Å². The number of carbonyl (C=O) groups is 1. The quantitative estimate of drug-likeness (QED) is 0.622. The van der Waals surface area contributed by atoms with Crippen molar-refractivity contribution in [3.05, 3.63) is 53.6 Å². The van der Waals surface area contributed by atoms with E-state index in [1.165, 1.54) is 0 Å². The summed E-state index contributed by atoms with van der Waals surface area (Å²) in [5.41, 5.74) is 0.0911. The molecule has 27 heavy (non-hydrogen) atoms. The van der Waals surface area contributed by atoms with Crippen LogP contribution in [0.15, 0.2) is 42.5 Å². The van der Waals surface area contributed by atoms with Gasteiger partial charge in [-0.1, -0.05) is 6.07 Å². The molecule has 2 aromatic carbocycles. The van der Waals surface area contributed by atoms with Crippen molar-refractivity contribution in [1.29, 1.82) is 5.26 Å². The SMILES string of the molecule is CCOc1cc(C(C)(Nc2ccc(C#N)cc2)C(=O)O)ccc1OCCO. The summed E-state index contributed by atoms with van der Waals surface area (Å²) in [5, 5.41) is 30.7. The minimum absolute atomic E-state index is 0.110. The number of nitrogens with one attached hydrogen (secondary N) is 1. The van der Waals surface area contributed by atoms with E-state index in [2.05, 4.69) is 5.32 Å². The molecule has 7 heteroatoms. The maximum Gasteiger partial charge on any atom is 0.333 e. The van der Waals surface area contributed by atoms with Gasteiger partial charge in [0.1, 0.15) is 6.61 Å². The van der Waals surface area contributed by atoms with Crippen LogP contribution in [0.2, 0.25) is 0 Å². The molecule has 0 aliphatic rings. The molecule has 1 atom stereocenters. The normalized spacial score (nSPS) is 12.5. The van der Waals surface area contributed by atoms with Crippen molar-refractivity contribution in [2.45, 2.75) is 19.4 Å². The molecule has 0 aliphatic heterocycles. The zero-order valence-electron chi connectivity index (χ0n) is 15.2. The molecule has 0 saturated heterocycles. The van der Waals surface area contributed by atoms with E-state index < -0.39 is 11.5 Å². The number of carboxylic acid groups (broad SMARTS) is 1. The average Bonchev–Trinajstić information content (AvgIpc) is 2.67. The van der Waals surface area contributed by atoms with Crippen molar-refractivity contribution < 1.29 is 24.5 Å². The summed E-state index contributed by atoms with van der Waals surface area (Å²) in [4.78, 5) is 12.1. The lowest BCUT2D eigenvalue weighted by molar-refractivity contribution is -0.142. The third-order valence-corrected chi connectivity index (χ3v) is 4.01. The van der Waals surface area contributed by atoms with Gasteiger partial charge in [0.15, 0.2) is 17.0 Å². The van der Waals surface area contributed by atoms with E-state index in [1.54, 1.807) is 49.4 Å². The molecule has 2 rings (SSSR count). The minimum atomic E-state index is -1.44. The monoisotopic (exact) mass is 370 g/mol. The highest BCUT2D eigenvalue weighted by atomic mass is 16.5. The fraction of sp³-hybridized carbons (Fsp3) is 0.300. The third-order valence-electron chi connectivity index (χ3n) is 4.01. The number of hydrogen-bond acceptors (Lipinski definition) is 6. The van der Waals surface area contributed by atoms with Crippen LogP contribution < -0.4 is 14.8 Å². The first-order valence-corrected chi connectivity index (χ1v) is 8.47. The van der Waals surface area contributed by atoms with Crippen LogP contribution in [0.3, 0.4) is 0 Å². The maximum absolute atomic E-state index is 12.1. The van der Waals surface area contributed by atoms with E-state index in [9.17, 15) is 9.90 Å². The molecule has 0 bridgehead atoms. The van der Waals surface area contributed by atoms with Crippen LogP contribution in [0, 0.1) is 11.3 Å². The fourth-order valence-corrected chi connectivity index (χ4v) is 2.53. The summed E-state index contributed by atoms with van der Waals surface area (Å²) in [7, 11) is 0. The number of ether oxygens (including phenoxy) is 2. The molecule has 0 amide bonds. The van der Waals surface area contributed by atoms with E-state index >= 15 is 0 Å². The molecule has 3 N–H and O–H groups in total. The Morgan fingerprint density at radius 1 is 1.19 bits per heavy atom. The molecule has 0 aromatic heterocycles. The van der Waals surface area contributed by atoms with Gasteiger partial charge in [-0.3, -0.25) is 0 Å². The Hall–Kier alpha value is -3.24. The highest BCUT2D eigenvalue weighted by Gasteiger charge is 2.36. The van der Waals surface area contributed by atoms with E-state index in [1.807, 2.05) is 13.0 Å². The van der Waals surface area contributed by atoms with Crippen LogP contribution in [0.25, 0.3) is 0 Å². The molecule has 7 nitrogen and oxygen atoms in total. The Morgan fingerprint density at radius 3 is 2.44 bits per heavy atom. The van der Waals surface area contributed by atoms with Gasteiger partial charge >= 0.3 is 5.97 Å². The fourth-order valence-electron chi connectivity index (χ4n) is 2.53. The standard InChI is InChI=1S/C20H22N2O5/c1-3-26-18-12-15(6-9-17(18)27-11-10-23)20(2,19(24)25)22-16-7-4-14(13-21)5-8-16/h4-9,12,22-23H,3,10-11H2,1-2H3,(H,24,25). The second kappa shape index (κ2) is 8.92. The molecule has 1 unspecified atom stereocenters. The summed E-state index contributed by atoms with van der Waals surface area (Å²) in [6, 6.07) is 13.4. The summed E-state index contributed by atoms with van der Waals surface area (Å²) in [6.45, 7) is 3.71. The Labute approximate surface area is 157 Å². The topological polar surface area (TPSA) is 112 Å². The summed E-state index contributed by atoms with van der Waals surface area (Å²) in [5.74, 6) is -0.239. The van der Waals surface area contributed by atoms with Crippen LogP contribution in [-0.4, -0.2) is 36.0 Å². The zero-order chi connectivity index (χ0) is 19.9. The largest absolute Gasteiger partial charge is 0.490 e. The van der Waals surface area contributed by atoms with E-state index in [-0.39, 0.29) is 13.2 Å². The number of aliphatic carboxylic acids is 1. The molecule has 0 saturated carbocycles. The van der Waals surface area contributed by atoms with E-state index in [4.69, 9.17) is 19.8 Å². The third kappa shape index (κ3) is 4.68. The van der Waals surface area contributed by atoms with Gasteiger partial charge in [0.25, 0.3) is 0 Å². The minimum Gasteiger partial charge on any atom is -0.490 e. The second-order valence-corrected chi connectivity index (χ2v) is 5.91. The number of anilines is 1. The van der Waals surface area contributed by atoms with Gasteiger partial charge < -0.3 is 25.0 Å². The molecule has 142 valence electrons. The van der Waals surface area contributed by atoms with Crippen LogP contribution >= 0.6 is 0 Å². The predicted octanol–water partition coefficient (Wildman–Crippen LogP) is 2.74. The van der Waals surface area contributed by atoms with E-state index in [0.29, 0.717) is 34.9 Å². The van der Waals surface area contributed by atoms with Gasteiger partial charge in [-0.15, -0.1) is 0 Å². The summed E-state index contributed by atoms with van der Waals surface area (Å²) < 4.78 is 11.0. The highest BCUT2D eigenvalue weighted by molar-refractivity contribution is 5.84. The van der Waals surface area contributed by atoms with Gasteiger partial charge in [-0.05, 0) is 55.8 Å². The van der Waals surface area contributed by atoms with Gasteiger partial charge in [0, 0.05) is 5.69 Å². The van der Waals surface area contributed by atoms with Gasteiger partial charge in [0.2, 0.25) is 0 Å². The molecule has 0 heterocycles. The Morgan fingerprint density at radius 2 is 1.89 bits per heavy atom. The number of aliphatic hydroxyl groups is 1. The first-order chi connectivity index (χ1) is 12.9. The Bertz CT molecular complexity index is 829. The zero-order valence-corrected chi connectivity index (χ0v) is 15.2. The van der Waals surface area contributed by atoms with Crippen LogP contribution in [0.5, 0.6) is 11.5 Å². The lowest BCUT2D eigenvalue weighted by Gasteiger charge is -2.29. The number of nitriles is 1. The first-order valence-electron chi connectivity index (χ1n) is 8.47. The average molecular weight is 370 g/mol. The van der Waals surface area contributed by atoms with Crippen molar-refractivity contribution in [2.24, 2.45) is 0 Å². The van der Waals surface area contributed by atoms with E-state index in [0.717, 1.165) is 0 Å². The lowest BCUT2D eigenvalue weighted by Crippen LogP contribution is -2.40. The molecule has 0 fully saturated rings. The molecule has 0 radical (unpaired) electrons. The number of nitrogens with zero attached hydrogens (tertiary/aromatic N) is 1. The molecule has 2 aromatic rings. The number of carboxylic acids is 1. The Balaban J connectivity index is 2.40. The van der Waals surface area contributed by atoms with Crippen molar-refractivity contribution >= 4 is 11.7 Å². The van der Waals surface area contributed by atoms with Crippen LogP contribution in [0.1, 0.15) is 25.0 Å². The molecule has 0 aliphatic carbocycles. The number of rotatable bonds is 9. The smallest absolute Gasteiger partial charge is 0.333 e. The predicted molar refractivity (Wildman–Crippen MR) is 100.0 cm³/mol. The first kappa shape index (κ1) is 20.1. The second-order valence-electron chi connectivity index (χ2n) is 5.91. The van der Waals surface area contributed by atoms with Gasteiger partial charge in [0.05, 0.1) is 24.8 Å². The van der Waals surface area contributed by atoms with Gasteiger partial charge in [-0.25, -0.2) is 4.79 Å². The van der Waals surface area contributed by atoms with Crippen LogP contribution in [0.4, 0.5) is 5.69 Å². The van der Waals surface area contributed by atoms with Crippen molar-refractivity contribution in [2.75, 3.05) is 25.1 Å². The highest BCUT2D eigenvalue weighted by Crippen LogP contribution is 2.35. The molecular formula is C20H22N2O5. The van der Waals surface area contributed by atoms with Crippen molar-refractivity contribution in [3.8, 4) is 17.6 Å². The lowest BCUT2D eigenvalue weighted by atomic mass is 9.91. The number of hydrogen-bond donors (Lipinski definition) is 3. The van der Waals surface area contributed by atoms with Crippen molar-refractivity contribution in [1.82, 2.24) is 0 Å². The maximum atomic E-state index is 12.1. The molecular weight excluding hydrogens is 348 g/mol.